The maximum atomic E-state index is 12.9. The van der Waals surface area contributed by atoms with Crippen molar-refractivity contribution in [3.8, 4) is 5.13 Å². The summed E-state index contributed by atoms with van der Waals surface area (Å²) in [4.78, 5) is 20.5. The van der Waals surface area contributed by atoms with Gasteiger partial charge in [-0.15, -0.1) is 4.98 Å². The molecule has 2 heterocycles. The van der Waals surface area contributed by atoms with Crippen molar-refractivity contribution in [2.45, 2.75) is 18.3 Å². The molecule has 0 radical (unpaired) electrons. The molecule has 1 aliphatic rings. The van der Waals surface area contributed by atoms with Gasteiger partial charge in [-0.2, -0.15) is 4.57 Å². The molecule has 1 amide bonds. The van der Waals surface area contributed by atoms with Crippen LogP contribution in [-0.2, 0) is 10.2 Å². The molecular weight excluding hydrogens is 344 g/mol. The third-order valence-corrected chi connectivity index (χ3v) is 5.77. The normalized spacial score (nSPS) is 15.1. The molecule has 1 fully saturated rings. The molecular formula is C20H17N4OS+. The van der Waals surface area contributed by atoms with E-state index in [0.717, 1.165) is 40.3 Å². The minimum atomic E-state index is -0.368. The van der Waals surface area contributed by atoms with Crippen molar-refractivity contribution in [2.24, 2.45) is 0 Å². The van der Waals surface area contributed by atoms with Crippen molar-refractivity contribution in [1.82, 2.24) is 9.97 Å². The molecule has 2 aromatic carbocycles. The second-order valence-electron chi connectivity index (χ2n) is 6.59. The molecule has 4 aromatic rings. The Morgan fingerprint density at radius 1 is 1.19 bits per heavy atom. The highest BCUT2D eigenvalue weighted by Crippen LogP contribution is 2.48. The van der Waals surface area contributed by atoms with Gasteiger partial charge in [-0.25, -0.2) is 0 Å². The van der Waals surface area contributed by atoms with Crippen LogP contribution >= 0.6 is 11.3 Å². The molecule has 0 saturated heterocycles. The summed E-state index contributed by atoms with van der Waals surface area (Å²) in [5.74, 6) is 0.0717. The van der Waals surface area contributed by atoms with Crippen LogP contribution in [0.25, 0.3) is 16.2 Å². The Morgan fingerprint density at radius 3 is 2.77 bits per heavy atom. The average Bonchev–Trinajstić information content (AvgIpc) is 3.11. The number of amides is 1. The molecule has 1 saturated carbocycles. The highest BCUT2D eigenvalue weighted by Gasteiger charge is 2.51. The second-order valence-corrected chi connectivity index (χ2v) is 7.47. The summed E-state index contributed by atoms with van der Waals surface area (Å²) in [5, 5.41) is 5.96. The first-order chi connectivity index (χ1) is 12.8. The number of H-pyrrole nitrogens is 1. The van der Waals surface area contributed by atoms with Gasteiger partial charge < -0.3 is 5.32 Å². The van der Waals surface area contributed by atoms with Crippen molar-refractivity contribution in [3.05, 3.63) is 72.0 Å². The van der Waals surface area contributed by atoms with Crippen LogP contribution in [0.5, 0.6) is 0 Å². The molecule has 128 valence electrons. The fraction of sp³-hybridized carbons (Fsp3) is 0.150. The number of nitrogens with zero attached hydrogens (tertiary/aromatic N) is 2. The van der Waals surface area contributed by atoms with Gasteiger partial charge in [-0.1, -0.05) is 41.7 Å². The van der Waals surface area contributed by atoms with E-state index in [9.17, 15) is 4.79 Å². The molecule has 2 aromatic heterocycles. The van der Waals surface area contributed by atoms with Gasteiger partial charge in [-0.3, -0.25) is 9.78 Å². The van der Waals surface area contributed by atoms with Crippen LogP contribution in [0.3, 0.4) is 0 Å². The Hall–Kier alpha value is -2.99. The third-order valence-electron chi connectivity index (χ3n) is 5.00. The van der Waals surface area contributed by atoms with Gasteiger partial charge in [-0.05, 0) is 30.5 Å². The predicted molar refractivity (Wildman–Crippen MR) is 101 cm³/mol. The lowest BCUT2D eigenvalue weighted by molar-refractivity contribution is -0.566. The molecule has 2 N–H and O–H groups in total. The Bertz CT molecular complexity index is 1080. The second kappa shape index (κ2) is 5.78. The van der Waals surface area contributed by atoms with Gasteiger partial charge in [0.05, 0.1) is 5.41 Å². The summed E-state index contributed by atoms with van der Waals surface area (Å²) >= 11 is 1.58. The lowest BCUT2D eigenvalue weighted by Crippen LogP contribution is -2.28. The summed E-state index contributed by atoms with van der Waals surface area (Å²) in [6.45, 7) is 0. The number of nitrogens with one attached hydrogen (secondary N) is 2. The first-order valence-corrected chi connectivity index (χ1v) is 9.44. The van der Waals surface area contributed by atoms with E-state index in [0.29, 0.717) is 0 Å². The van der Waals surface area contributed by atoms with Gasteiger partial charge in [0.25, 0.3) is 0 Å². The smallest absolute Gasteiger partial charge is 0.325 e. The summed E-state index contributed by atoms with van der Waals surface area (Å²) in [5.41, 5.74) is 3.52. The highest BCUT2D eigenvalue weighted by molar-refractivity contribution is 7.11. The van der Waals surface area contributed by atoms with E-state index in [-0.39, 0.29) is 11.3 Å². The molecule has 0 spiro atoms. The number of fused-ring (bicyclic) bond motifs is 1. The van der Waals surface area contributed by atoms with Crippen LogP contribution in [0.1, 0.15) is 18.4 Å². The van der Waals surface area contributed by atoms with Gasteiger partial charge >= 0.3 is 5.13 Å². The molecule has 1 aliphatic carbocycles. The predicted octanol–water partition coefficient (Wildman–Crippen LogP) is 3.57. The zero-order valence-corrected chi connectivity index (χ0v) is 14.8. The lowest BCUT2D eigenvalue weighted by Gasteiger charge is -2.15. The molecule has 0 bridgehead atoms. The van der Waals surface area contributed by atoms with Crippen molar-refractivity contribution in [2.75, 3.05) is 5.32 Å². The summed E-state index contributed by atoms with van der Waals surface area (Å²) in [6.07, 6.45) is 5.48. The number of aromatic amines is 1. The van der Waals surface area contributed by atoms with Crippen molar-refractivity contribution < 1.29 is 9.36 Å². The van der Waals surface area contributed by atoms with Gasteiger partial charge in [0.15, 0.2) is 6.33 Å². The lowest BCUT2D eigenvalue weighted by atomic mass is 9.95. The minimum absolute atomic E-state index is 0.0717. The number of carbonyl (C=O) groups is 1. The molecule has 5 rings (SSSR count). The first-order valence-electron chi connectivity index (χ1n) is 8.56. The fourth-order valence-electron chi connectivity index (χ4n) is 3.42. The largest absolute Gasteiger partial charge is 0.325 e. The average molecular weight is 361 g/mol. The molecule has 6 heteroatoms. The van der Waals surface area contributed by atoms with E-state index in [1.54, 1.807) is 17.5 Å². The summed E-state index contributed by atoms with van der Waals surface area (Å²) in [7, 11) is 0. The Morgan fingerprint density at radius 2 is 2.04 bits per heavy atom. The van der Waals surface area contributed by atoms with Crippen LogP contribution in [0.4, 0.5) is 5.69 Å². The van der Waals surface area contributed by atoms with Crippen molar-refractivity contribution >= 4 is 34.0 Å². The Balaban J connectivity index is 1.43. The molecule has 0 aliphatic heterocycles. The Kier molecular flexibility index (Phi) is 3.39. The zero-order valence-electron chi connectivity index (χ0n) is 14.0. The van der Waals surface area contributed by atoms with Crippen LogP contribution in [0, 0.1) is 0 Å². The third kappa shape index (κ3) is 2.42. The van der Waals surface area contributed by atoms with E-state index in [1.165, 1.54) is 0 Å². The topological polar surface area (TPSA) is 61.7 Å². The number of carbonyl (C=O) groups excluding carboxylic acids is 1. The van der Waals surface area contributed by atoms with Crippen LogP contribution < -0.4 is 9.88 Å². The summed E-state index contributed by atoms with van der Waals surface area (Å²) < 4.78 is 2.01. The molecule has 0 unspecified atom stereocenters. The standard InChI is InChI=1S/C20H16N4OS/c25-18(20(8-9-20)14-4-2-1-3-5-14)23-15-6-7-17-16(12-15)22-13-24(17)19-21-10-11-26-19/h1-7,10-13H,8-9H2,(H,23,25)/p+1. The molecule has 5 nitrogen and oxygen atoms in total. The number of anilines is 1. The van der Waals surface area contributed by atoms with E-state index >= 15 is 0 Å². The number of thiazole rings is 1. The van der Waals surface area contributed by atoms with E-state index in [2.05, 4.69) is 15.3 Å². The number of hydrogen-bond acceptors (Lipinski definition) is 3. The van der Waals surface area contributed by atoms with Crippen LogP contribution in [0.2, 0.25) is 0 Å². The van der Waals surface area contributed by atoms with Crippen molar-refractivity contribution in [1.29, 1.82) is 0 Å². The zero-order chi connectivity index (χ0) is 17.6. The highest BCUT2D eigenvalue weighted by atomic mass is 32.1. The maximum absolute atomic E-state index is 12.9. The van der Waals surface area contributed by atoms with Gasteiger partial charge in [0.1, 0.15) is 17.2 Å². The number of benzene rings is 2. The van der Waals surface area contributed by atoms with Crippen molar-refractivity contribution in [3.63, 3.8) is 0 Å². The maximum Gasteiger partial charge on any atom is 0.325 e. The summed E-state index contributed by atoms with van der Waals surface area (Å²) in [6, 6.07) is 16.0. The number of hydrogen-bond donors (Lipinski definition) is 2. The molecule has 26 heavy (non-hydrogen) atoms. The number of rotatable bonds is 4. The SMILES string of the molecule is O=C(Nc1ccc2c(c1)[nH]c[n+]2-c1nccs1)C1(c2ccccc2)CC1. The number of aromatic nitrogens is 3. The molecule has 0 atom stereocenters. The van der Waals surface area contributed by atoms with E-state index in [4.69, 9.17) is 0 Å². The quantitative estimate of drug-likeness (QED) is 0.546. The van der Waals surface area contributed by atoms with Gasteiger partial charge in [0.2, 0.25) is 5.91 Å². The Labute approximate surface area is 154 Å². The fourth-order valence-corrected chi connectivity index (χ4v) is 4.05. The monoisotopic (exact) mass is 361 g/mol. The van der Waals surface area contributed by atoms with Gasteiger partial charge in [0, 0.05) is 17.1 Å². The number of imidazole rings is 1. The minimum Gasteiger partial charge on any atom is -0.325 e. The van der Waals surface area contributed by atoms with E-state index < -0.39 is 0 Å². The van der Waals surface area contributed by atoms with Crippen LogP contribution in [0.15, 0.2) is 66.4 Å². The van der Waals surface area contributed by atoms with Crippen LogP contribution in [-0.4, -0.2) is 15.9 Å². The first kappa shape index (κ1) is 15.3. The van der Waals surface area contributed by atoms with E-state index in [1.807, 2.05) is 64.8 Å².